The van der Waals surface area contributed by atoms with Gasteiger partial charge in [-0.15, -0.1) is 0 Å². The van der Waals surface area contributed by atoms with E-state index in [1.165, 1.54) is 6.42 Å². The second kappa shape index (κ2) is 7.33. The summed E-state index contributed by atoms with van der Waals surface area (Å²) in [6, 6.07) is 7.12. The molecule has 3 rings (SSSR count). The number of nitrogens with two attached hydrogens (primary N) is 1. The lowest BCUT2D eigenvalue weighted by molar-refractivity contribution is 0.0757. The highest BCUT2D eigenvalue weighted by atomic mass is 32.2. The van der Waals surface area contributed by atoms with Crippen LogP contribution < -0.4 is 15.8 Å². The molecule has 2 unspecified atom stereocenters. The van der Waals surface area contributed by atoms with Crippen LogP contribution in [-0.2, 0) is 10.0 Å². The van der Waals surface area contributed by atoms with E-state index >= 15 is 0 Å². The van der Waals surface area contributed by atoms with E-state index in [9.17, 15) is 13.2 Å². The van der Waals surface area contributed by atoms with Gasteiger partial charge in [0.25, 0.3) is 5.91 Å². The fraction of sp³-hybridized carbons (Fsp3) is 0.611. The molecule has 2 aliphatic rings. The molecule has 138 valence electrons. The van der Waals surface area contributed by atoms with Gasteiger partial charge in [0, 0.05) is 12.1 Å². The molecule has 7 heteroatoms. The molecule has 2 aliphatic carbocycles. The molecule has 2 fully saturated rings. The normalized spacial score (nSPS) is 29.0. The van der Waals surface area contributed by atoms with Crippen molar-refractivity contribution in [2.24, 2.45) is 17.6 Å². The predicted molar refractivity (Wildman–Crippen MR) is 98.8 cm³/mol. The number of para-hydroxylation sites is 1. The monoisotopic (exact) mass is 365 g/mol. The average Bonchev–Trinajstić information content (AvgIpc) is 2.56. The second-order valence-electron chi connectivity index (χ2n) is 7.23. The molecule has 0 heterocycles. The van der Waals surface area contributed by atoms with Crippen LogP contribution >= 0.6 is 0 Å². The van der Waals surface area contributed by atoms with Crippen LogP contribution in [0.25, 0.3) is 0 Å². The van der Waals surface area contributed by atoms with E-state index in [4.69, 9.17) is 5.73 Å². The Morgan fingerprint density at radius 3 is 2.48 bits per heavy atom. The van der Waals surface area contributed by atoms with Crippen LogP contribution in [0.2, 0.25) is 0 Å². The molecule has 0 radical (unpaired) electrons. The van der Waals surface area contributed by atoms with Crippen molar-refractivity contribution in [3.8, 4) is 0 Å². The SMILES string of the molecule is CCS(=O)(=O)Nc1ccccc1C(=O)NC1C2CCCC1CC(N)C2. The first-order chi connectivity index (χ1) is 11.9. The molecule has 0 aliphatic heterocycles. The summed E-state index contributed by atoms with van der Waals surface area (Å²) >= 11 is 0. The summed E-state index contributed by atoms with van der Waals surface area (Å²) in [4.78, 5) is 12.8. The Hall–Kier alpha value is -1.60. The highest BCUT2D eigenvalue weighted by molar-refractivity contribution is 7.92. The quantitative estimate of drug-likeness (QED) is 0.743. The number of nitrogens with one attached hydrogen (secondary N) is 2. The Morgan fingerprint density at radius 1 is 1.20 bits per heavy atom. The van der Waals surface area contributed by atoms with Crippen molar-refractivity contribution in [3.05, 3.63) is 29.8 Å². The number of hydrogen-bond donors (Lipinski definition) is 3. The number of sulfonamides is 1. The van der Waals surface area contributed by atoms with Crippen molar-refractivity contribution in [2.75, 3.05) is 10.5 Å². The number of anilines is 1. The van der Waals surface area contributed by atoms with Crippen molar-refractivity contribution in [1.82, 2.24) is 5.32 Å². The summed E-state index contributed by atoms with van der Waals surface area (Å²) in [7, 11) is -3.43. The van der Waals surface area contributed by atoms with E-state index in [-0.39, 0.29) is 23.7 Å². The largest absolute Gasteiger partial charge is 0.349 e. The van der Waals surface area contributed by atoms with Gasteiger partial charge in [0.2, 0.25) is 10.0 Å². The van der Waals surface area contributed by atoms with Crippen molar-refractivity contribution in [3.63, 3.8) is 0 Å². The lowest BCUT2D eigenvalue weighted by Crippen LogP contribution is -2.53. The molecule has 0 saturated heterocycles. The lowest BCUT2D eigenvalue weighted by atomic mass is 9.67. The first-order valence-corrected chi connectivity index (χ1v) is 10.7. The van der Waals surface area contributed by atoms with E-state index in [0.717, 1.165) is 25.7 Å². The Labute approximate surface area is 149 Å². The Balaban J connectivity index is 1.78. The molecule has 4 N–H and O–H groups in total. The van der Waals surface area contributed by atoms with Gasteiger partial charge in [0.15, 0.2) is 0 Å². The van der Waals surface area contributed by atoms with Gasteiger partial charge < -0.3 is 11.1 Å². The third kappa shape index (κ3) is 4.15. The fourth-order valence-corrected chi connectivity index (χ4v) is 4.92. The third-order valence-electron chi connectivity index (χ3n) is 5.49. The Kier molecular flexibility index (Phi) is 5.34. The molecule has 0 spiro atoms. The first-order valence-electron chi connectivity index (χ1n) is 9.05. The minimum absolute atomic E-state index is 0.0341. The maximum atomic E-state index is 12.8. The second-order valence-corrected chi connectivity index (χ2v) is 9.24. The summed E-state index contributed by atoms with van der Waals surface area (Å²) in [6.45, 7) is 1.57. The zero-order chi connectivity index (χ0) is 18.0. The van der Waals surface area contributed by atoms with Crippen LogP contribution in [0.3, 0.4) is 0 Å². The maximum Gasteiger partial charge on any atom is 0.253 e. The minimum Gasteiger partial charge on any atom is -0.349 e. The van der Waals surface area contributed by atoms with Crippen LogP contribution in [-0.4, -0.2) is 32.2 Å². The average molecular weight is 365 g/mol. The minimum atomic E-state index is -3.43. The summed E-state index contributed by atoms with van der Waals surface area (Å²) < 4.78 is 26.2. The Morgan fingerprint density at radius 2 is 1.84 bits per heavy atom. The molecule has 1 aromatic carbocycles. The summed E-state index contributed by atoms with van der Waals surface area (Å²) in [5.74, 6) is 0.594. The maximum absolute atomic E-state index is 12.8. The molecule has 2 saturated carbocycles. The topological polar surface area (TPSA) is 101 Å². The summed E-state index contributed by atoms with van der Waals surface area (Å²) in [6.07, 6.45) is 5.29. The van der Waals surface area contributed by atoms with Crippen LogP contribution in [0.15, 0.2) is 24.3 Å². The lowest BCUT2D eigenvalue weighted by Gasteiger charge is -2.45. The third-order valence-corrected chi connectivity index (χ3v) is 6.78. The standard InChI is InChI=1S/C18H27N3O3S/c1-2-25(23,24)21-16-9-4-3-8-15(16)18(22)20-17-12-6-5-7-13(17)11-14(19)10-12/h3-4,8-9,12-14,17,21H,2,5-7,10-11,19H2,1H3,(H,20,22). The van der Waals surface area contributed by atoms with Crippen molar-refractivity contribution in [2.45, 2.75) is 51.1 Å². The predicted octanol–water partition coefficient (Wildman–Crippen LogP) is 2.08. The highest BCUT2D eigenvalue weighted by Crippen LogP contribution is 2.39. The van der Waals surface area contributed by atoms with Crippen LogP contribution in [0, 0.1) is 11.8 Å². The zero-order valence-electron chi connectivity index (χ0n) is 14.6. The molecule has 25 heavy (non-hydrogen) atoms. The van der Waals surface area contributed by atoms with Gasteiger partial charge in [0.05, 0.1) is 17.0 Å². The number of fused-ring (bicyclic) bond motifs is 2. The van der Waals surface area contributed by atoms with Gasteiger partial charge in [-0.05, 0) is 56.6 Å². The van der Waals surface area contributed by atoms with Gasteiger partial charge in [-0.1, -0.05) is 18.6 Å². The van der Waals surface area contributed by atoms with Crippen molar-refractivity contribution in [1.29, 1.82) is 0 Å². The van der Waals surface area contributed by atoms with Gasteiger partial charge in [-0.25, -0.2) is 8.42 Å². The zero-order valence-corrected chi connectivity index (χ0v) is 15.4. The smallest absolute Gasteiger partial charge is 0.253 e. The molecule has 1 aromatic rings. The van der Waals surface area contributed by atoms with E-state index in [1.54, 1.807) is 31.2 Å². The van der Waals surface area contributed by atoms with E-state index in [1.807, 2.05) is 0 Å². The number of amides is 1. The molecule has 2 atom stereocenters. The molecule has 2 bridgehead atoms. The number of benzene rings is 1. The number of carbonyl (C=O) groups excluding carboxylic acids is 1. The molecule has 0 aromatic heterocycles. The first kappa shape index (κ1) is 18.2. The number of hydrogen-bond acceptors (Lipinski definition) is 4. The van der Waals surface area contributed by atoms with Gasteiger partial charge in [-0.3, -0.25) is 9.52 Å². The summed E-state index contributed by atoms with van der Waals surface area (Å²) in [5, 5.41) is 3.17. The van der Waals surface area contributed by atoms with E-state index in [2.05, 4.69) is 10.0 Å². The molecule has 1 amide bonds. The van der Waals surface area contributed by atoms with Crippen molar-refractivity contribution >= 4 is 21.6 Å². The van der Waals surface area contributed by atoms with E-state index < -0.39 is 10.0 Å². The Bertz CT molecular complexity index is 721. The van der Waals surface area contributed by atoms with Crippen LogP contribution in [0.1, 0.15) is 49.4 Å². The van der Waals surface area contributed by atoms with Crippen LogP contribution in [0.4, 0.5) is 5.69 Å². The molecular weight excluding hydrogens is 338 g/mol. The fourth-order valence-electron chi connectivity index (χ4n) is 4.26. The van der Waals surface area contributed by atoms with E-state index in [0.29, 0.717) is 23.1 Å². The van der Waals surface area contributed by atoms with Gasteiger partial charge >= 0.3 is 0 Å². The van der Waals surface area contributed by atoms with Gasteiger partial charge in [0.1, 0.15) is 0 Å². The van der Waals surface area contributed by atoms with Crippen LogP contribution in [0.5, 0.6) is 0 Å². The number of rotatable bonds is 5. The highest BCUT2D eigenvalue weighted by Gasteiger charge is 2.40. The van der Waals surface area contributed by atoms with Gasteiger partial charge in [-0.2, -0.15) is 0 Å². The number of carbonyl (C=O) groups is 1. The summed E-state index contributed by atoms with van der Waals surface area (Å²) in [5.41, 5.74) is 6.85. The molecule has 6 nitrogen and oxygen atoms in total. The van der Waals surface area contributed by atoms with Crippen molar-refractivity contribution < 1.29 is 13.2 Å². The molecular formula is C18H27N3O3S.